The fourth-order valence-corrected chi connectivity index (χ4v) is 5.19. The van der Waals surface area contributed by atoms with Crippen molar-refractivity contribution >= 4 is 15.9 Å². The predicted octanol–water partition coefficient (Wildman–Crippen LogP) is 5.18. The summed E-state index contributed by atoms with van der Waals surface area (Å²) in [6.07, 6.45) is 6.34. The smallest absolute Gasteiger partial charge is 0.130 e. The second-order valence-electron chi connectivity index (χ2n) is 7.31. The highest BCUT2D eigenvalue weighted by molar-refractivity contribution is 9.10. The number of fused-ring (bicyclic) bond motifs is 3. The van der Waals surface area contributed by atoms with Crippen molar-refractivity contribution in [1.82, 2.24) is 0 Å². The molecule has 1 nitrogen and oxygen atoms in total. The monoisotopic (exact) mass is 322 g/mol. The van der Waals surface area contributed by atoms with E-state index in [1.54, 1.807) is 0 Å². The van der Waals surface area contributed by atoms with Gasteiger partial charge in [-0.1, -0.05) is 27.2 Å². The van der Waals surface area contributed by atoms with Gasteiger partial charge in [0.1, 0.15) is 5.75 Å². The number of hydrogen-bond donors (Lipinski definition) is 1. The molecule has 0 aromatic heterocycles. The van der Waals surface area contributed by atoms with Crippen LogP contribution in [0.4, 0.5) is 0 Å². The van der Waals surface area contributed by atoms with E-state index in [0.29, 0.717) is 11.2 Å². The third-order valence-corrected chi connectivity index (χ3v) is 6.36. The molecule has 1 saturated carbocycles. The molecular weight excluding hydrogens is 300 g/mol. The summed E-state index contributed by atoms with van der Waals surface area (Å²) in [5.41, 5.74) is 3.50. The van der Waals surface area contributed by atoms with Crippen LogP contribution >= 0.6 is 15.9 Å². The highest BCUT2D eigenvalue weighted by Gasteiger charge is 2.49. The van der Waals surface area contributed by atoms with Crippen LogP contribution in [0.3, 0.4) is 0 Å². The van der Waals surface area contributed by atoms with Crippen molar-refractivity contribution in [3.05, 3.63) is 27.7 Å². The van der Waals surface area contributed by atoms with Gasteiger partial charge in [0.15, 0.2) is 0 Å². The average molecular weight is 323 g/mol. The van der Waals surface area contributed by atoms with Crippen LogP contribution in [0.1, 0.15) is 57.6 Å². The van der Waals surface area contributed by atoms with Gasteiger partial charge in [-0.3, -0.25) is 0 Å². The van der Waals surface area contributed by atoms with Gasteiger partial charge in [0.25, 0.3) is 0 Å². The molecule has 104 valence electrons. The van der Waals surface area contributed by atoms with Crippen LogP contribution in [0.25, 0.3) is 0 Å². The van der Waals surface area contributed by atoms with E-state index >= 15 is 0 Å². The van der Waals surface area contributed by atoms with Crippen molar-refractivity contribution in [3.8, 4) is 5.75 Å². The first-order valence-corrected chi connectivity index (χ1v) is 8.16. The Kier molecular flexibility index (Phi) is 3.01. The molecule has 1 aromatic rings. The Morgan fingerprint density at radius 2 is 1.95 bits per heavy atom. The van der Waals surface area contributed by atoms with Gasteiger partial charge in [-0.05, 0) is 81.6 Å². The first kappa shape index (κ1) is 13.5. The number of aromatic hydroxyl groups is 1. The van der Waals surface area contributed by atoms with E-state index in [1.807, 2.05) is 6.07 Å². The molecule has 19 heavy (non-hydrogen) atoms. The van der Waals surface area contributed by atoms with Crippen LogP contribution in [0, 0.1) is 11.3 Å². The molecule has 2 atom stereocenters. The molecule has 0 saturated heterocycles. The molecule has 1 fully saturated rings. The van der Waals surface area contributed by atoms with Crippen molar-refractivity contribution in [3.63, 3.8) is 0 Å². The summed E-state index contributed by atoms with van der Waals surface area (Å²) < 4.78 is 0.836. The first-order valence-electron chi connectivity index (χ1n) is 7.36. The summed E-state index contributed by atoms with van der Waals surface area (Å²) in [6.45, 7) is 7.28. The molecule has 2 aliphatic rings. The minimum absolute atomic E-state index is 0.244. The Labute approximate surface area is 124 Å². The second-order valence-corrected chi connectivity index (χ2v) is 8.17. The van der Waals surface area contributed by atoms with E-state index < -0.39 is 0 Å². The number of hydrogen-bond acceptors (Lipinski definition) is 1. The fourth-order valence-electron chi connectivity index (χ4n) is 4.80. The van der Waals surface area contributed by atoms with Gasteiger partial charge < -0.3 is 5.11 Å². The highest BCUT2D eigenvalue weighted by atomic mass is 79.9. The lowest BCUT2D eigenvalue weighted by atomic mass is 9.50. The lowest BCUT2D eigenvalue weighted by Crippen LogP contribution is -2.47. The maximum Gasteiger partial charge on any atom is 0.130 e. The van der Waals surface area contributed by atoms with Crippen LogP contribution in [0.15, 0.2) is 16.6 Å². The zero-order valence-corrected chi connectivity index (χ0v) is 13.7. The molecule has 0 radical (unpaired) electrons. The molecule has 0 heterocycles. The zero-order valence-electron chi connectivity index (χ0n) is 12.1. The van der Waals surface area contributed by atoms with E-state index in [4.69, 9.17) is 0 Å². The van der Waals surface area contributed by atoms with E-state index in [1.165, 1.54) is 36.8 Å². The van der Waals surface area contributed by atoms with E-state index in [9.17, 15) is 5.11 Å². The summed E-state index contributed by atoms with van der Waals surface area (Å²) >= 11 is 3.45. The summed E-state index contributed by atoms with van der Waals surface area (Å²) in [6, 6.07) is 4.15. The summed E-state index contributed by atoms with van der Waals surface area (Å²) in [4.78, 5) is 0. The second kappa shape index (κ2) is 4.25. The number of halogens is 1. The maximum atomic E-state index is 10.1. The predicted molar refractivity (Wildman–Crippen MR) is 82.6 cm³/mol. The van der Waals surface area contributed by atoms with Gasteiger partial charge in [0, 0.05) is 0 Å². The number of aryl methyl sites for hydroxylation is 1. The Morgan fingerprint density at radius 1 is 1.21 bits per heavy atom. The fraction of sp³-hybridized carbons (Fsp3) is 0.647. The Balaban J connectivity index is 2.14. The molecule has 2 heteroatoms. The molecule has 0 amide bonds. The van der Waals surface area contributed by atoms with Gasteiger partial charge in [0.05, 0.1) is 4.47 Å². The van der Waals surface area contributed by atoms with Crippen LogP contribution in [0.5, 0.6) is 5.75 Å². The SMILES string of the molecule is CC1(C)CCC[C@]2(C)c3cc(O)c(Br)cc3CC[C@@H]12. The number of rotatable bonds is 0. The van der Waals surface area contributed by atoms with E-state index in [0.717, 1.165) is 16.8 Å². The zero-order chi connectivity index (χ0) is 13.8. The Morgan fingerprint density at radius 3 is 2.68 bits per heavy atom. The number of phenolic OH excluding ortho intramolecular Hbond substituents is 1. The highest BCUT2D eigenvalue weighted by Crippen LogP contribution is 2.57. The molecule has 1 N–H and O–H groups in total. The molecule has 0 aliphatic heterocycles. The molecular formula is C17H23BrO. The standard InChI is InChI=1S/C17H23BrO/c1-16(2)7-4-8-17(3)12-10-14(19)13(18)9-11(12)5-6-15(16)17/h9-10,15,19H,4-8H2,1-3H3/t15-,17+/m0/s1. The van der Waals surface area contributed by atoms with Crippen molar-refractivity contribution in [1.29, 1.82) is 0 Å². The molecule has 2 aliphatic carbocycles. The summed E-state index contributed by atoms with van der Waals surface area (Å²) in [5.74, 6) is 1.13. The molecule has 1 aromatic carbocycles. The maximum absolute atomic E-state index is 10.1. The largest absolute Gasteiger partial charge is 0.507 e. The van der Waals surface area contributed by atoms with Crippen molar-refractivity contribution < 1.29 is 5.11 Å². The van der Waals surface area contributed by atoms with Crippen molar-refractivity contribution in [2.24, 2.45) is 11.3 Å². The lowest BCUT2D eigenvalue weighted by molar-refractivity contribution is 0.0405. The van der Waals surface area contributed by atoms with Crippen molar-refractivity contribution in [2.45, 2.75) is 58.3 Å². The average Bonchev–Trinajstić information content (AvgIpc) is 2.30. The van der Waals surface area contributed by atoms with Gasteiger partial charge in [-0.25, -0.2) is 0 Å². The number of phenols is 1. The Bertz CT molecular complexity index is 520. The van der Waals surface area contributed by atoms with Gasteiger partial charge >= 0.3 is 0 Å². The van der Waals surface area contributed by atoms with Crippen LogP contribution < -0.4 is 0 Å². The quantitative estimate of drug-likeness (QED) is 0.697. The van der Waals surface area contributed by atoms with Gasteiger partial charge in [0.2, 0.25) is 0 Å². The van der Waals surface area contributed by atoms with Crippen LogP contribution in [0.2, 0.25) is 0 Å². The molecule has 3 rings (SSSR count). The molecule has 0 spiro atoms. The summed E-state index contributed by atoms with van der Waals surface area (Å²) in [5, 5.41) is 10.1. The Hall–Kier alpha value is -0.500. The van der Waals surface area contributed by atoms with Crippen LogP contribution in [-0.2, 0) is 11.8 Å². The normalized spacial score (nSPS) is 32.5. The summed E-state index contributed by atoms with van der Waals surface area (Å²) in [7, 11) is 0. The van der Waals surface area contributed by atoms with Crippen LogP contribution in [-0.4, -0.2) is 5.11 Å². The third-order valence-electron chi connectivity index (χ3n) is 5.72. The van der Waals surface area contributed by atoms with Crippen molar-refractivity contribution in [2.75, 3.05) is 0 Å². The van der Waals surface area contributed by atoms with Gasteiger partial charge in [-0.2, -0.15) is 0 Å². The topological polar surface area (TPSA) is 20.2 Å². The lowest BCUT2D eigenvalue weighted by Gasteiger charge is -2.54. The molecule has 0 unspecified atom stereocenters. The molecule has 0 bridgehead atoms. The minimum atomic E-state index is 0.244. The van der Waals surface area contributed by atoms with E-state index in [2.05, 4.69) is 42.8 Å². The third kappa shape index (κ3) is 1.94. The first-order chi connectivity index (χ1) is 8.84. The number of benzene rings is 1. The van der Waals surface area contributed by atoms with E-state index in [-0.39, 0.29) is 5.41 Å². The minimum Gasteiger partial charge on any atom is -0.507 e. The van der Waals surface area contributed by atoms with Gasteiger partial charge in [-0.15, -0.1) is 0 Å².